The van der Waals surface area contributed by atoms with E-state index in [1.165, 1.54) is 11.0 Å². The summed E-state index contributed by atoms with van der Waals surface area (Å²) in [5, 5.41) is 11.2. The molecule has 2 aliphatic carbocycles. The number of fused-ring (bicyclic) bond motifs is 2. The van der Waals surface area contributed by atoms with Gasteiger partial charge in [-0.1, -0.05) is 74.8 Å². The molecule has 1 unspecified atom stereocenters. The summed E-state index contributed by atoms with van der Waals surface area (Å²) in [5.41, 5.74) is -1.64. The largest absolute Gasteiger partial charge is 0.346 e. The molecule has 4 aliphatic rings. The summed E-state index contributed by atoms with van der Waals surface area (Å²) in [7, 11) is 0. The van der Waals surface area contributed by atoms with Crippen LogP contribution in [0.2, 0.25) is 0 Å². The molecule has 52 heavy (non-hydrogen) atoms. The Morgan fingerprint density at radius 2 is 1.54 bits per heavy atom. The summed E-state index contributed by atoms with van der Waals surface area (Å²) < 4.78 is 0. The average Bonchev–Trinajstić information content (AvgIpc) is 3.59. The zero-order valence-electron chi connectivity index (χ0n) is 32.8. The molecule has 13 nitrogen and oxygen atoms in total. The van der Waals surface area contributed by atoms with Crippen molar-refractivity contribution in [2.45, 2.75) is 138 Å². The summed E-state index contributed by atoms with van der Waals surface area (Å²) in [6.07, 6.45) is 6.57. The maximum Gasteiger partial charge on any atom is 0.315 e. The number of piperidine rings is 1. The van der Waals surface area contributed by atoms with E-state index in [4.69, 9.17) is 0 Å². The lowest BCUT2D eigenvalue weighted by atomic mass is 9.80. The molecule has 0 radical (unpaired) electrons. The van der Waals surface area contributed by atoms with E-state index in [0.29, 0.717) is 13.0 Å². The van der Waals surface area contributed by atoms with Gasteiger partial charge in [-0.2, -0.15) is 0 Å². The van der Waals surface area contributed by atoms with Crippen molar-refractivity contribution in [2.75, 3.05) is 19.6 Å². The monoisotopic (exact) mass is 726 g/mol. The van der Waals surface area contributed by atoms with Crippen LogP contribution in [0.15, 0.2) is 12.7 Å². The predicted molar refractivity (Wildman–Crippen MR) is 196 cm³/mol. The molecule has 6 atom stereocenters. The lowest BCUT2D eigenvalue weighted by molar-refractivity contribution is -0.153. The highest BCUT2D eigenvalue weighted by atomic mass is 16.2. The molecule has 2 aliphatic heterocycles. The molecule has 2 saturated carbocycles. The normalized spacial score (nSPS) is 25.1. The Labute approximate surface area is 309 Å². The first kappa shape index (κ1) is 41.0. The second kappa shape index (κ2) is 15.3. The van der Waals surface area contributed by atoms with Gasteiger partial charge in [0.15, 0.2) is 0 Å². The number of Topliss-reactive ketones (excluding diaryl/α,β-unsaturated/α-hetero) is 1. The van der Waals surface area contributed by atoms with Gasteiger partial charge in [-0.3, -0.25) is 33.7 Å². The van der Waals surface area contributed by atoms with E-state index in [1.54, 1.807) is 4.90 Å². The SMILES string of the molecule is C=CCNC(=O)C(=O)C(CCC)NC(=O)[C@@H]1[C@H]2CCC3(CC3)[C@H]2CN1C(=O)[C@@H](NC(=O)N[C@H](CN1C(=O)CC(C)(C)CC1=O)C(C)(C)C)C(C)(C)C. The van der Waals surface area contributed by atoms with Gasteiger partial charge in [0.2, 0.25) is 29.4 Å². The fourth-order valence-electron chi connectivity index (χ4n) is 8.41. The Kier molecular flexibility index (Phi) is 12.1. The van der Waals surface area contributed by atoms with E-state index in [9.17, 15) is 33.6 Å². The van der Waals surface area contributed by atoms with Crippen LogP contribution in [0, 0.1) is 33.5 Å². The summed E-state index contributed by atoms with van der Waals surface area (Å²) >= 11 is 0. The van der Waals surface area contributed by atoms with Crippen LogP contribution in [-0.4, -0.2) is 95.0 Å². The Hall–Kier alpha value is -3.77. The van der Waals surface area contributed by atoms with Crippen LogP contribution in [0.5, 0.6) is 0 Å². The van der Waals surface area contributed by atoms with Crippen LogP contribution < -0.4 is 21.3 Å². The number of nitrogens with zero attached hydrogens (tertiary/aromatic N) is 2. The van der Waals surface area contributed by atoms with E-state index in [2.05, 4.69) is 27.8 Å². The molecule has 2 heterocycles. The first-order chi connectivity index (χ1) is 24.0. The molecule has 2 saturated heterocycles. The number of likely N-dealkylation sites (tertiary alicyclic amines) is 2. The van der Waals surface area contributed by atoms with Gasteiger partial charge in [0.1, 0.15) is 12.1 Å². The van der Waals surface area contributed by atoms with Gasteiger partial charge in [-0.25, -0.2) is 4.79 Å². The number of carbonyl (C=O) groups is 7. The standard InChI is InChI=1S/C39H62N6O7/c1-11-13-25(30(48)33(50)40-18-12-2)41-32(49)29-23-14-15-39(16-17-39)24(23)21-45(29)34(51)31(37(6,7)8)43-35(52)42-26(36(3,4)5)22-44-27(46)19-38(9,10)20-28(44)47/h12,23-26,29,31H,2,11,13-22H2,1,3-10H3,(H,40,50)(H,41,49)(H2,42,43,52)/t23-,24-,25?,26+,29-,31+/m0/s1. The Morgan fingerprint density at radius 3 is 2.06 bits per heavy atom. The zero-order valence-corrected chi connectivity index (χ0v) is 32.8. The van der Waals surface area contributed by atoms with Gasteiger partial charge >= 0.3 is 6.03 Å². The van der Waals surface area contributed by atoms with E-state index in [0.717, 1.165) is 25.7 Å². The molecular formula is C39H62N6O7. The van der Waals surface area contributed by atoms with Gasteiger partial charge in [0.25, 0.3) is 5.91 Å². The molecule has 0 aromatic carbocycles. The first-order valence-corrected chi connectivity index (χ1v) is 19.0. The molecule has 4 N–H and O–H groups in total. The molecule has 1 spiro atoms. The number of hydrogen-bond donors (Lipinski definition) is 4. The lowest BCUT2D eigenvalue weighted by Crippen LogP contribution is -2.63. The number of rotatable bonds is 13. The fourth-order valence-corrected chi connectivity index (χ4v) is 8.41. The van der Waals surface area contributed by atoms with Crippen molar-refractivity contribution in [2.24, 2.45) is 33.5 Å². The quantitative estimate of drug-likeness (QED) is 0.128. The van der Waals surface area contributed by atoms with E-state index >= 15 is 0 Å². The second-order valence-corrected chi connectivity index (χ2v) is 18.6. The third-order valence-corrected chi connectivity index (χ3v) is 11.7. The molecule has 13 heteroatoms. The number of carbonyl (C=O) groups excluding carboxylic acids is 7. The lowest BCUT2D eigenvalue weighted by Gasteiger charge is -2.40. The average molecular weight is 727 g/mol. The maximum absolute atomic E-state index is 14.7. The van der Waals surface area contributed by atoms with Crippen LogP contribution in [-0.2, 0) is 28.8 Å². The van der Waals surface area contributed by atoms with Gasteiger partial charge in [-0.05, 0) is 65.6 Å². The molecular weight excluding hydrogens is 664 g/mol. The van der Waals surface area contributed by atoms with Crippen LogP contribution in [0.4, 0.5) is 4.79 Å². The van der Waals surface area contributed by atoms with Crippen molar-refractivity contribution in [3.8, 4) is 0 Å². The van der Waals surface area contributed by atoms with Gasteiger partial charge in [0, 0.05) is 32.5 Å². The number of ketones is 1. The van der Waals surface area contributed by atoms with Crippen molar-refractivity contribution in [3.05, 3.63) is 12.7 Å². The van der Waals surface area contributed by atoms with E-state index in [1.807, 2.05) is 62.3 Å². The topological polar surface area (TPSA) is 174 Å². The minimum absolute atomic E-state index is 0.00185. The first-order valence-electron chi connectivity index (χ1n) is 19.0. The van der Waals surface area contributed by atoms with E-state index < -0.39 is 69.9 Å². The second-order valence-electron chi connectivity index (χ2n) is 18.6. The molecule has 0 bridgehead atoms. The number of hydrogen-bond acceptors (Lipinski definition) is 7. The number of amides is 7. The molecule has 4 rings (SSSR count). The minimum Gasteiger partial charge on any atom is -0.346 e. The third kappa shape index (κ3) is 9.05. The molecule has 290 valence electrons. The number of imide groups is 1. The van der Waals surface area contributed by atoms with Gasteiger partial charge in [0.05, 0.1) is 12.1 Å². The van der Waals surface area contributed by atoms with Crippen molar-refractivity contribution in [3.63, 3.8) is 0 Å². The molecule has 0 aromatic heterocycles. The van der Waals surface area contributed by atoms with Crippen molar-refractivity contribution < 1.29 is 33.6 Å². The van der Waals surface area contributed by atoms with Crippen LogP contribution in [0.3, 0.4) is 0 Å². The summed E-state index contributed by atoms with van der Waals surface area (Å²) in [5.74, 6) is -2.96. The Bertz CT molecular complexity index is 1440. The molecule has 7 amide bonds. The number of nitrogens with one attached hydrogen (secondary N) is 4. The highest BCUT2D eigenvalue weighted by Gasteiger charge is 2.64. The van der Waals surface area contributed by atoms with Crippen molar-refractivity contribution in [1.29, 1.82) is 0 Å². The molecule has 4 fully saturated rings. The third-order valence-electron chi connectivity index (χ3n) is 11.7. The van der Waals surface area contributed by atoms with Crippen molar-refractivity contribution in [1.82, 2.24) is 31.1 Å². The maximum atomic E-state index is 14.7. The fraction of sp³-hybridized carbons (Fsp3) is 0.769. The highest BCUT2D eigenvalue weighted by Crippen LogP contribution is 2.66. The summed E-state index contributed by atoms with van der Waals surface area (Å²) in [6.45, 7) is 20.9. The summed E-state index contributed by atoms with van der Waals surface area (Å²) in [4.78, 5) is 97.2. The highest BCUT2D eigenvalue weighted by molar-refractivity contribution is 6.38. The Morgan fingerprint density at radius 1 is 0.923 bits per heavy atom. The van der Waals surface area contributed by atoms with E-state index in [-0.39, 0.29) is 61.4 Å². The van der Waals surface area contributed by atoms with Gasteiger partial charge < -0.3 is 26.2 Å². The number of urea groups is 1. The minimum atomic E-state index is -1.05. The van der Waals surface area contributed by atoms with Gasteiger partial charge in [-0.15, -0.1) is 6.58 Å². The Balaban J connectivity index is 1.56. The van der Waals surface area contributed by atoms with Crippen LogP contribution in [0.1, 0.15) is 114 Å². The predicted octanol–water partition coefficient (Wildman–Crippen LogP) is 3.46. The smallest absolute Gasteiger partial charge is 0.315 e. The van der Waals surface area contributed by atoms with Crippen molar-refractivity contribution >= 4 is 41.4 Å². The zero-order chi connectivity index (χ0) is 39.0. The van der Waals surface area contributed by atoms with Crippen LogP contribution >= 0.6 is 0 Å². The summed E-state index contributed by atoms with van der Waals surface area (Å²) in [6, 6.07) is -4.18. The van der Waals surface area contributed by atoms with Crippen LogP contribution in [0.25, 0.3) is 0 Å². The molecule has 0 aromatic rings.